The van der Waals surface area contributed by atoms with Crippen LogP contribution in [0.4, 0.5) is 0 Å². The Labute approximate surface area is 110 Å². The lowest BCUT2D eigenvalue weighted by Crippen LogP contribution is -2.34. The van der Waals surface area contributed by atoms with Crippen LogP contribution >= 0.6 is 22.9 Å². The van der Waals surface area contributed by atoms with Crippen molar-refractivity contribution in [3.05, 3.63) is 21.3 Å². The van der Waals surface area contributed by atoms with Gasteiger partial charge in [-0.05, 0) is 31.7 Å². The molecule has 2 rings (SSSR count). The Morgan fingerprint density at radius 3 is 2.71 bits per heavy atom. The molecule has 0 saturated heterocycles. The minimum Gasteiger partial charge on any atom is -0.481 e. The molecule has 3 nitrogen and oxygen atoms in total. The lowest BCUT2D eigenvalue weighted by Gasteiger charge is -2.26. The topological polar surface area (TPSA) is 49.3 Å². The van der Waals surface area contributed by atoms with E-state index in [-0.39, 0.29) is 5.92 Å². The first kappa shape index (κ1) is 12.9. The van der Waals surface area contributed by atoms with Crippen LogP contribution in [0, 0.1) is 5.92 Å². The van der Waals surface area contributed by atoms with Crippen LogP contribution in [0.25, 0.3) is 0 Å². The summed E-state index contributed by atoms with van der Waals surface area (Å²) in [6.07, 6.45) is 3.49. The van der Waals surface area contributed by atoms with Crippen molar-refractivity contribution in [2.75, 3.05) is 0 Å². The van der Waals surface area contributed by atoms with Gasteiger partial charge in [0.2, 0.25) is 0 Å². The fourth-order valence-corrected chi connectivity index (χ4v) is 3.26. The Morgan fingerprint density at radius 2 is 2.18 bits per heavy atom. The molecule has 1 heterocycles. The van der Waals surface area contributed by atoms with Gasteiger partial charge in [0, 0.05) is 22.8 Å². The van der Waals surface area contributed by atoms with Gasteiger partial charge in [0.05, 0.1) is 10.9 Å². The number of halogens is 1. The summed E-state index contributed by atoms with van der Waals surface area (Å²) in [5.74, 6) is -0.780. The Kier molecular flexibility index (Phi) is 4.42. The van der Waals surface area contributed by atoms with E-state index in [1.807, 2.05) is 11.4 Å². The summed E-state index contributed by atoms with van der Waals surface area (Å²) < 4.78 is 0. The first-order valence-corrected chi connectivity index (χ1v) is 7.10. The van der Waals surface area contributed by atoms with Crippen LogP contribution in [0.1, 0.15) is 30.6 Å². The van der Waals surface area contributed by atoms with Gasteiger partial charge in [0.25, 0.3) is 0 Å². The number of thiophene rings is 1. The van der Waals surface area contributed by atoms with Crippen molar-refractivity contribution >= 4 is 28.9 Å². The van der Waals surface area contributed by atoms with Crippen molar-refractivity contribution in [1.29, 1.82) is 0 Å². The molecule has 1 fully saturated rings. The van der Waals surface area contributed by atoms with E-state index < -0.39 is 5.97 Å². The second kappa shape index (κ2) is 5.85. The molecular weight excluding hydrogens is 258 g/mol. The molecule has 0 bridgehead atoms. The van der Waals surface area contributed by atoms with E-state index in [0.29, 0.717) is 6.04 Å². The third kappa shape index (κ3) is 3.69. The van der Waals surface area contributed by atoms with E-state index in [1.54, 1.807) is 11.3 Å². The summed E-state index contributed by atoms with van der Waals surface area (Å²) in [6, 6.07) is 2.42. The Hall–Kier alpha value is -0.580. The van der Waals surface area contributed by atoms with Gasteiger partial charge in [-0.3, -0.25) is 4.79 Å². The maximum Gasteiger partial charge on any atom is 0.306 e. The summed E-state index contributed by atoms with van der Waals surface area (Å²) in [6.45, 7) is 0.833. The smallest absolute Gasteiger partial charge is 0.306 e. The van der Waals surface area contributed by atoms with Crippen LogP contribution in [0.5, 0.6) is 0 Å². The van der Waals surface area contributed by atoms with Crippen molar-refractivity contribution in [3.63, 3.8) is 0 Å². The minimum atomic E-state index is -0.645. The maximum atomic E-state index is 10.8. The van der Waals surface area contributed by atoms with Gasteiger partial charge in [-0.1, -0.05) is 11.6 Å². The minimum absolute atomic E-state index is 0.135. The van der Waals surface area contributed by atoms with E-state index in [0.717, 1.165) is 37.3 Å². The van der Waals surface area contributed by atoms with E-state index in [9.17, 15) is 4.79 Å². The number of carboxylic acids is 1. The number of rotatable bonds is 4. The van der Waals surface area contributed by atoms with Gasteiger partial charge in [-0.15, -0.1) is 11.3 Å². The van der Waals surface area contributed by atoms with E-state index in [4.69, 9.17) is 16.7 Å². The molecule has 17 heavy (non-hydrogen) atoms. The molecule has 5 heteroatoms. The SMILES string of the molecule is O=C(O)C1CCC(NCc2cc(Cl)cs2)CC1. The average molecular weight is 274 g/mol. The molecule has 0 atom stereocenters. The third-order valence-electron chi connectivity index (χ3n) is 3.26. The summed E-state index contributed by atoms with van der Waals surface area (Å²) in [4.78, 5) is 12.0. The van der Waals surface area contributed by atoms with Crippen molar-refractivity contribution in [2.24, 2.45) is 5.92 Å². The molecule has 1 aromatic heterocycles. The van der Waals surface area contributed by atoms with Crippen LogP contribution in [0.3, 0.4) is 0 Å². The number of hydrogen-bond donors (Lipinski definition) is 2. The molecule has 0 aromatic carbocycles. The highest BCUT2D eigenvalue weighted by Crippen LogP contribution is 2.25. The van der Waals surface area contributed by atoms with Crippen LogP contribution in [-0.4, -0.2) is 17.1 Å². The van der Waals surface area contributed by atoms with Crippen LogP contribution < -0.4 is 5.32 Å². The van der Waals surface area contributed by atoms with E-state index >= 15 is 0 Å². The number of hydrogen-bond acceptors (Lipinski definition) is 3. The predicted molar refractivity (Wildman–Crippen MR) is 69.6 cm³/mol. The standard InChI is InChI=1S/C12H16ClNO2S/c13-9-5-11(17-7-9)6-14-10-3-1-8(2-4-10)12(15)16/h5,7-8,10,14H,1-4,6H2,(H,15,16). The lowest BCUT2D eigenvalue weighted by atomic mass is 9.86. The van der Waals surface area contributed by atoms with Crippen molar-refractivity contribution < 1.29 is 9.90 Å². The normalized spacial score (nSPS) is 24.8. The molecule has 1 aliphatic rings. The lowest BCUT2D eigenvalue weighted by molar-refractivity contribution is -0.142. The summed E-state index contributed by atoms with van der Waals surface area (Å²) >= 11 is 7.51. The van der Waals surface area contributed by atoms with Crippen molar-refractivity contribution in [3.8, 4) is 0 Å². The molecule has 1 aromatic rings. The first-order chi connectivity index (χ1) is 8.15. The summed E-state index contributed by atoms with van der Waals surface area (Å²) in [7, 11) is 0. The second-order valence-electron chi connectivity index (χ2n) is 4.50. The monoisotopic (exact) mass is 273 g/mol. The number of carbonyl (C=O) groups is 1. The molecule has 0 unspecified atom stereocenters. The van der Waals surface area contributed by atoms with E-state index in [1.165, 1.54) is 4.88 Å². The predicted octanol–water partition coefficient (Wildman–Crippen LogP) is 3.13. The molecule has 94 valence electrons. The highest BCUT2D eigenvalue weighted by Gasteiger charge is 2.25. The van der Waals surface area contributed by atoms with Gasteiger partial charge >= 0.3 is 5.97 Å². The average Bonchev–Trinajstić information content (AvgIpc) is 2.73. The number of aliphatic carboxylic acids is 1. The summed E-state index contributed by atoms with van der Waals surface area (Å²) in [5.41, 5.74) is 0. The van der Waals surface area contributed by atoms with Crippen LogP contribution in [0.2, 0.25) is 5.02 Å². The number of carboxylic acid groups (broad SMARTS) is 1. The highest BCUT2D eigenvalue weighted by atomic mass is 35.5. The molecule has 1 aliphatic carbocycles. The summed E-state index contributed by atoms with van der Waals surface area (Å²) in [5, 5.41) is 15.1. The number of nitrogens with one attached hydrogen (secondary N) is 1. The van der Waals surface area contributed by atoms with Crippen LogP contribution in [-0.2, 0) is 11.3 Å². The first-order valence-electron chi connectivity index (χ1n) is 5.84. The van der Waals surface area contributed by atoms with Gasteiger partial charge in [0.15, 0.2) is 0 Å². The molecule has 1 saturated carbocycles. The molecule has 0 amide bonds. The van der Waals surface area contributed by atoms with Gasteiger partial charge in [-0.25, -0.2) is 0 Å². The third-order valence-corrected chi connectivity index (χ3v) is 4.55. The molecular formula is C12H16ClNO2S. The Balaban J connectivity index is 1.73. The second-order valence-corrected chi connectivity index (χ2v) is 5.93. The van der Waals surface area contributed by atoms with Crippen LogP contribution in [0.15, 0.2) is 11.4 Å². The molecule has 2 N–H and O–H groups in total. The largest absolute Gasteiger partial charge is 0.481 e. The zero-order valence-electron chi connectivity index (χ0n) is 9.49. The fourth-order valence-electron chi connectivity index (χ4n) is 2.24. The zero-order valence-corrected chi connectivity index (χ0v) is 11.1. The van der Waals surface area contributed by atoms with Gasteiger partial charge in [0.1, 0.15) is 0 Å². The van der Waals surface area contributed by atoms with Crippen molar-refractivity contribution in [1.82, 2.24) is 5.32 Å². The molecule has 0 aliphatic heterocycles. The quantitative estimate of drug-likeness (QED) is 0.886. The Bertz CT molecular complexity index is 386. The van der Waals surface area contributed by atoms with Gasteiger partial charge in [-0.2, -0.15) is 0 Å². The maximum absolute atomic E-state index is 10.8. The zero-order chi connectivity index (χ0) is 12.3. The van der Waals surface area contributed by atoms with Gasteiger partial charge < -0.3 is 10.4 Å². The molecule has 0 spiro atoms. The van der Waals surface area contributed by atoms with Crippen molar-refractivity contribution in [2.45, 2.75) is 38.3 Å². The van der Waals surface area contributed by atoms with E-state index in [2.05, 4.69) is 5.32 Å². The highest BCUT2D eigenvalue weighted by molar-refractivity contribution is 7.10. The molecule has 0 radical (unpaired) electrons. The Morgan fingerprint density at radius 1 is 1.47 bits per heavy atom. The fraction of sp³-hybridized carbons (Fsp3) is 0.583.